The fourth-order valence-corrected chi connectivity index (χ4v) is 2.35. The zero-order valence-electron chi connectivity index (χ0n) is 14.4. The number of nitrogens with one attached hydrogen (secondary N) is 1. The molecule has 1 atom stereocenters. The van der Waals surface area contributed by atoms with Crippen molar-refractivity contribution in [2.75, 3.05) is 6.61 Å². The maximum atomic E-state index is 13.5. The van der Waals surface area contributed by atoms with E-state index in [1.165, 1.54) is 13.0 Å². The second-order valence-corrected chi connectivity index (χ2v) is 6.08. The molecule has 0 heterocycles. The van der Waals surface area contributed by atoms with E-state index < -0.39 is 30.4 Å². The van der Waals surface area contributed by atoms with E-state index in [2.05, 4.69) is 5.32 Å². The number of amides is 1. The molecule has 2 aromatic rings. The van der Waals surface area contributed by atoms with Gasteiger partial charge in [-0.3, -0.25) is 4.79 Å². The number of aryl methyl sites for hydroxylation is 1. The number of benzene rings is 2. The third-order valence-corrected chi connectivity index (χ3v) is 3.79. The van der Waals surface area contributed by atoms with Gasteiger partial charge < -0.3 is 14.8 Å². The first-order valence-corrected chi connectivity index (χ1v) is 8.34. The maximum absolute atomic E-state index is 13.5. The van der Waals surface area contributed by atoms with Crippen LogP contribution < -0.4 is 10.1 Å². The molecule has 1 amide bonds. The molecule has 0 bridgehead atoms. The monoisotopic (exact) mass is 379 g/mol. The minimum absolute atomic E-state index is 0.0130. The lowest BCUT2D eigenvalue weighted by Crippen LogP contribution is -2.32. The van der Waals surface area contributed by atoms with E-state index >= 15 is 0 Å². The Labute approximate surface area is 156 Å². The summed E-state index contributed by atoms with van der Waals surface area (Å²) in [4.78, 5) is 23.7. The van der Waals surface area contributed by atoms with E-state index in [-0.39, 0.29) is 6.54 Å². The smallest absolute Gasteiger partial charge is 0.347 e. The van der Waals surface area contributed by atoms with E-state index in [1.54, 1.807) is 43.3 Å². The first-order chi connectivity index (χ1) is 12.4. The number of hydrogen-bond acceptors (Lipinski definition) is 4. The molecule has 138 valence electrons. The number of carbonyl (C=O) groups excluding carboxylic acids is 2. The van der Waals surface area contributed by atoms with Crippen molar-refractivity contribution in [3.05, 3.63) is 64.4 Å². The lowest BCUT2D eigenvalue weighted by Gasteiger charge is -2.15. The van der Waals surface area contributed by atoms with Crippen molar-refractivity contribution in [2.24, 2.45) is 0 Å². The van der Waals surface area contributed by atoms with Gasteiger partial charge in [0.05, 0.1) is 0 Å². The zero-order valence-corrected chi connectivity index (χ0v) is 15.2. The molecule has 2 rings (SSSR count). The van der Waals surface area contributed by atoms with Gasteiger partial charge in [0.15, 0.2) is 12.7 Å². The maximum Gasteiger partial charge on any atom is 0.347 e. The Morgan fingerprint density at radius 3 is 2.65 bits per heavy atom. The number of esters is 1. The first-order valence-electron chi connectivity index (χ1n) is 7.96. The predicted molar refractivity (Wildman–Crippen MR) is 95.5 cm³/mol. The van der Waals surface area contributed by atoms with Gasteiger partial charge in [0, 0.05) is 17.1 Å². The molecule has 5 nitrogen and oxygen atoms in total. The lowest BCUT2D eigenvalue weighted by atomic mass is 10.2. The van der Waals surface area contributed by atoms with Crippen LogP contribution in [-0.4, -0.2) is 24.6 Å². The Kier molecular flexibility index (Phi) is 6.97. The highest BCUT2D eigenvalue weighted by molar-refractivity contribution is 6.30. The Morgan fingerprint density at radius 2 is 1.96 bits per heavy atom. The zero-order chi connectivity index (χ0) is 19.1. The fraction of sp³-hybridized carbons (Fsp3) is 0.263. The van der Waals surface area contributed by atoms with Crippen LogP contribution in [-0.2, 0) is 20.9 Å². The van der Waals surface area contributed by atoms with Crippen LogP contribution in [0.1, 0.15) is 18.1 Å². The highest BCUT2D eigenvalue weighted by Crippen LogP contribution is 2.23. The molecule has 7 heteroatoms. The van der Waals surface area contributed by atoms with Crippen LogP contribution >= 0.6 is 11.6 Å². The predicted octanol–water partition coefficient (Wildman–Crippen LogP) is 3.41. The quantitative estimate of drug-likeness (QED) is 0.749. The van der Waals surface area contributed by atoms with Gasteiger partial charge in [-0.1, -0.05) is 29.8 Å². The standard InChI is InChI=1S/C19H19ClFNO4/c1-12-9-15(20)7-8-17(12)26-13(2)19(24)25-11-18(23)22-10-14-5-3-4-6-16(14)21/h3-9,13H,10-11H2,1-2H3,(H,22,23). The van der Waals surface area contributed by atoms with Gasteiger partial charge in [-0.15, -0.1) is 0 Å². The van der Waals surface area contributed by atoms with E-state index in [4.69, 9.17) is 21.1 Å². The number of rotatable bonds is 7. The Hall–Kier alpha value is -2.60. The SMILES string of the molecule is Cc1cc(Cl)ccc1OC(C)C(=O)OCC(=O)NCc1ccccc1F. The van der Waals surface area contributed by atoms with Crippen molar-refractivity contribution in [3.8, 4) is 5.75 Å². The molecule has 0 saturated heterocycles. The van der Waals surface area contributed by atoms with Crippen molar-refractivity contribution < 1.29 is 23.5 Å². The molecule has 2 aromatic carbocycles. The van der Waals surface area contributed by atoms with Crippen LogP contribution in [0.5, 0.6) is 5.75 Å². The molecule has 0 aliphatic rings. The minimum atomic E-state index is -0.894. The third kappa shape index (κ3) is 5.74. The van der Waals surface area contributed by atoms with Gasteiger partial charge in [-0.2, -0.15) is 0 Å². The molecule has 1 unspecified atom stereocenters. The summed E-state index contributed by atoms with van der Waals surface area (Å²) in [6.45, 7) is 2.86. The van der Waals surface area contributed by atoms with Crippen molar-refractivity contribution >= 4 is 23.5 Å². The average molecular weight is 380 g/mol. The molecular formula is C19H19ClFNO4. The molecule has 0 aliphatic heterocycles. The topological polar surface area (TPSA) is 64.6 Å². The fourth-order valence-electron chi connectivity index (χ4n) is 2.12. The normalized spacial score (nSPS) is 11.5. The molecular weight excluding hydrogens is 361 g/mol. The number of carbonyl (C=O) groups is 2. The van der Waals surface area contributed by atoms with E-state index in [0.29, 0.717) is 16.3 Å². The molecule has 0 aliphatic carbocycles. The number of halogens is 2. The van der Waals surface area contributed by atoms with Crippen LogP contribution in [0.4, 0.5) is 4.39 Å². The second kappa shape index (κ2) is 9.20. The molecule has 26 heavy (non-hydrogen) atoms. The largest absolute Gasteiger partial charge is 0.479 e. The van der Waals surface area contributed by atoms with Crippen LogP contribution in [0.2, 0.25) is 5.02 Å². The Bertz CT molecular complexity index is 797. The van der Waals surface area contributed by atoms with Gasteiger partial charge in [0.25, 0.3) is 5.91 Å². The summed E-state index contributed by atoms with van der Waals surface area (Å²) in [7, 11) is 0. The van der Waals surface area contributed by atoms with Crippen LogP contribution in [0, 0.1) is 12.7 Å². The van der Waals surface area contributed by atoms with Crippen molar-refractivity contribution in [1.82, 2.24) is 5.32 Å². The molecule has 0 spiro atoms. The highest BCUT2D eigenvalue weighted by Gasteiger charge is 2.18. The van der Waals surface area contributed by atoms with E-state index in [0.717, 1.165) is 5.56 Å². The summed E-state index contributed by atoms with van der Waals surface area (Å²) in [6, 6.07) is 11.1. The van der Waals surface area contributed by atoms with Crippen LogP contribution in [0.25, 0.3) is 0 Å². The molecule has 0 aromatic heterocycles. The highest BCUT2D eigenvalue weighted by atomic mass is 35.5. The molecule has 0 radical (unpaired) electrons. The number of hydrogen-bond donors (Lipinski definition) is 1. The van der Waals surface area contributed by atoms with Crippen molar-refractivity contribution in [3.63, 3.8) is 0 Å². The van der Waals surface area contributed by atoms with E-state index in [9.17, 15) is 14.0 Å². The van der Waals surface area contributed by atoms with E-state index in [1.807, 2.05) is 0 Å². The minimum Gasteiger partial charge on any atom is -0.479 e. The summed E-state index contributed by atoms with van der Waals surface area (Å²) in [6.07, 6.45) is -0.894. The van der Waals surface area contributed by atoms with Gasteiger partial charge >= 0.3 is 5.97 Å². The summed E-state index contributed by atoms with van der Waals surface area (Å²) in [5.41, 5.74) is 1.13. The lowest BCUT2D eigenvalue weighted by molar-refractivity contribution is -0.154. The summed E-state index contributed by atoms with van der Waals surface area (Å²) >= 11 is 5.87. The summed E-state index contributed by atoms with van der Waals surface area (Å²) < 4.78 is 23.9. The summed E-state index contributed by atoms with van der Waals surface area (Å²) in [5, 5.41) is 3.05. The Morgan fingerprint density at radius 1 is 1.23 bits per heavy atom. The van der Waals surface area contributed by atoms with Gasteiger partial charge in [0.2, 0.25) is 0 Å². The van der Waals surface area contributed by atoms with Gasteiger partial charge in [-0.05, 0) is 43.7 Å². The second-order valence-electron chi connectivity index (χ2n) is 5.65. The Balaban J connectivity index is 1.78. The van der Waals surface area contributed by atoms with Crippen molar-refractivity contribution in [1.29, 1.82) is 0 Å². The third-order valence-electron chi connectivity index (χ3n) is 3.55. The molecule has 1 N–H and O–H groups in total. The van der Waals surface area contributed by atoms with Gasteiger partial charge in [0.1, 0.15) is 11.6 Å². The van der Waals surface area contributed by atoms with Crippen LogP contribution in [0.3, 0.4) is 0 Å². The van der Waals surface area contributed by atoms with Crippen LogP contribution in [0.15, 0.2) is 42.5 Å². The molecule has 0 saturated carbocycles. The number of ether oxygens (including phenoxy) is 2. The molecule has 0 fully saturated rings. The van der Waals surface area contributed by atoms with Gasteiger partial charge in [-0.25, -0.2) is 9.18 Å². The van der Waals surface area contributed by atoms with Crippen molar-refractivity contribution in [2.45, 2.75) is 26.5 Å². The average Bonchev–Trinajstić information content (AvgIpc) is 2.61. The first kappa shape index (κ1) is 19.7. The summed E-state index contributed by atoms with van der Waals surface area (Å²) in [5.74, 6) is -1.12.